The summed E-state index contributed by atoms with van der Waals surface area (Å²) in [5.74, 6) is 1.79. The Morgan fingerprint density at radius 1 is 1.27 bits per heavy atom. The normalized spacial score (nSPS) is 45.8. The van der Waals surface area contributed by atoms with Gasteiger partial charge in [0.05, 0.1) is 12.7 Å². The maximum absolute atomic E-state index is 8.94. The third-order valence-electron chi connectivity index (χ3n) is 3.07. The molecule has 0 aliphatic carbocycles. The second-order valence-corrected chi connectivity index (χ2v) is 3.75. The first kappa shape index (κ1) is 9.01. The van der Waals surface area contributed by atoms with Crippen molar-refractivity contribution in [1.82, 2.24) is 0 Å². The van der Waals surface area contributed by atoms with E-state index in [9.17, 15) is 0 Å². The number of aliphatic hydroxyl groups excluding tert-OH is 1. The van der Waals surface area contributed by atoms with Crippen LogP contribution in [0, 0.1) is 17.8 Å². The fourth-order valence-corrected chi connectivity index (χ4v) is 1.65. The molecular weight excluding hydrogens is 140 g/mol. The average Bonchev–Trinajstić information content (AvgIpc) is 2.01. The smallest absolute Gasteiger partial charge is 0.0833 e. The van der Waals surface area contributed by atoms with Gasteiger partial charge in [-0.1, -0.05) is 20.8 Å². The van der Waals surface area contributed by atoms with Crippen LogP contribution in [0.3, 0.4) is 0 Å². The zero-order chi connectivity index (χ0) is 8.43. The highest BCUT2D eigenvalue weighted by Gasteiger charge is 2.31. The van der Waals surface area contributed by atoms with Crippen LogP contribution in [0.15, 0.2) is 0 Å². The maximum Gasteiger partial charge on any atom is 0.0833 e. The number of ether oxygens (including phenoxy) is 1. The van der Waals surface area contributed by atoms with Crippen LogP contribution in [0.2, 0.25) is 0 Å². The molecule has 0 bridgehead atoms. The fourth-order valence-electron chi connectivity index (χ4n) is 1.65. The third-order valence-corrected chi connectivity index (χ3v) is 3.07. The molecule has 0 radical (unpaired) electrons. The molecule has 0 spiro atoms. The molecule has 1 fully saturated rings. The van der Waals surface area contributed by atoms with E-state index in [4.69, 9.17) is 9.84 Å². The summed E-state index contributed by atoms with van der Waals surface area (Å²) in [6, 6.07) is 0. The molecule has 0 saturated carbocycles. The summed E-state index contributed by atoms with van der Waals surface area (Å²) in [6.07, 6.45) is 0.0706. The van der Waals surface area contributed by atoms with Gasteiger partial charge in [-0.05, 0) is 17.8 Å². The molecule has 2 heteroatoms. The number of rotatable bonds is 1. The molecular formula is C9H18O2. The topological polar surface area (TPSA) is 29.5 Å². The van der Waals surface area contributed by atoms with Crippen molar-refractivity contribution in [3.8, 4) is 0 Å². The molecule has 2 nitrogen and oxygen atoms in total. The van der Waals surface area contributed by atoms with Crippen LogP contribution in [0.1, 0.15) is 20.8 Å². The van der Waals surface area contributed by atoms with Crippen LogP contribution in [0.25, 0.3) is 0 Å². The first-order valence-corrected chi connectivity index (χ1v) is 4.39. The van der Waals surface area contributed by atoms with E-state index in [0.717, 1.165) is 6.61 Å². The molecule has 3 unspecified atom stereocenters. The summed E-state index contributed by atoms with van der Waals surface area (Å²) in [7, 11) is 0. The van der Waals surface area contributed by atoms with Crippen LogP contribution in [-0.4, -0.2) is 24.4 Å². The maximum atomic E-state index is 8.94. The summed E-state index contributed by atoms with van der Waals surface area (Å²) in [4.78, 5) is 0. The Kier molecular flexibility index (Phi) is 2.90. The lowest BCUT2D eigenvalue weighted by Crippen LogP contribution is -2.40. The second-order valence-electron chi connectivity index (χ2n) is 3.75. The van der Waals surface area contributed by atoms with Gasteiger partial charge in [0.2, 0.25) is 0 Å². The van der Waals surface area contributed by atoms with Gasteiger partial charge in [0.25, 0.3) is 0 Å². The molecule has 0 amide bonds. The van der Waals surface area contributed by atoms with Crippen molar-refractivity contribution in [3.05, 3.63) is 0 Å². The van der Waals surface area contributed by atoms with Crippen LogP contribution < -0.4 is 0 Å². The minimum Gasteiger partial charge on any atom is -0.394 e. The molecule has 1 aliphatic heterocycles. The summed E-state index contributed by atoms with van der Waals surface area (Å²) in [5.41, 5.74) is 0. The Morgan fingerprint density at radius 3 is 2.45 bits per heavy atom. The van der Waals surface area contributed by atoms with Gasteiger partial charge in [-0.25, -0.2) is 0 Å². The molecule has 1 saturated heterocycles. The Morgan fingerprint density at radius 2 is 1.91 bits per heavy atom. The molecule has 66 valence electrons. The molecule has 1 N–H and O–H groups in total. The van der Waals surface area contributed by atoms with Gasteiger partial charge in [-0.15, -0.1) is 0 Å². The Bertz CT molecular complexity index is 123. The van der Waals surface area contributed by atoms with E-state index >= 15 is 0 Å². The zero-order valence-electron chi connectivity index (χ0n) is 7.58. The van der Waals surface area contributed by atoms with Gasteiger partial charge in [0.15, 0.2) is 0 Å². The average molecular weight is 158 g/mol. The van der Waals surface area contributed by atoms with Crippen molar-refractivity contribution in [1.29, 1.82) is 0 Å². The van der Waals surface area contributed by atoms with E-state index in [1.807, 2.05) is 0 Å². The largest absolute Gasteiger partial charge is 0.394 e. The fraction of sp³-hybridized carbons (Fsp3) is 1.00. The van der Waals surface area contributed by atoms with Gasteiger partial charge < -0.3 is 9.84 Å². The minimum atomic E-state index is 0.0706. The minimum absolute atomic E-state index is 0.0706. The van der Waals surface area contributed by atoms with Crippen molar-refractivity contribution in [3.63, 3.8) is 0 Å². The van der Waals surface area contributed by atoms with E-state index in [1.54, 1.807) is 0 Å². The highest BCUT2D eigenvalue weighted by atomic mass is 16.5. The highest BCUT2D eigenvalue weighted by Crippen LogP contribution is 2.30. The zero-order valence-corrected chi connectivity index (χ0v) is 7.58. The molecule has 0 aromatic carbocycles. The van der Waals surface area contributed by atoms with E-state index < -0.39 is 0 Å². The summed E-state index contributed by atoms with van der Waals surface area (Å²) in [6.45, 7) is 7.56. The molecule has 4 atom stereocenters. The quantitative estimate of drug-likeness (QED) is 0.623. The number of hydrogen-bond acceptors (Lipinski definition) is 2. The van der Waals surface area contributed by atoms with Crippen molar-refractivity contribution >= 4 is 0 Å². The standard InChI is InChI=1S/C9H18O2/c1-6-5-11-9(4-10)8(3)7(6)2/h6-10H,4-5H2,1-3H3/t6?,7?,8?,9-/m0/s1. The molecule has 1 rings (SSSR count). The molecule has 1 heterocycles. The lowest BCUT2D eigenvalue weighted by atomic mass is 9.80. The van der Waals surface area contributed by atoms with Gasteiger partial charge >= 0.3 is 0 Å². The molecule has 0 aromatic heterocycles. The first-order valence-electron chi connectivity index (χ1n) is 4.39. The lowest BCUT2D eigenvalue weighted by molar-refractivity contribution is -0.0965. The van der Waals surface area contributed by atoms with Gasteiger partial charge in [-0.2, -0.15) is 0 Å². The number of aliphatic hydroxyl groups is 1. The Hall–Kier alpha value is -0.0800. The van der Waals surface area contributed by atoms with Crippen molar-refractivity contribution in [2.24, 2.45) is 17.8 Å². The van der Waals surface area contributed by atoms with Crippen molar-refractivity contribution in [2.45, 2.75) is 26.9 Å². The van der Waals surface area contributed by atoms with Crippen LogP contribution in [-0.2, 0) is 4.74 Å². The van der Waals surface area contributed by atoms with Crippen molar-refractivity contribution < 1.29 is 9.84 Å². The summed E-state index contributed by atoms with van der Waals surface area (Å²) >= 11 is 0. The summed E-state index contributed by atoms with van der Waals surface area (Å²) in [5, 5.41) is 8.94. The van der Waals surface area contributed by atoms with Crippen LogP contribution in [0.4, 0.5) is 0 Å². The SMILES string of the molecule is CC1CO[C@@H](CO)C(C)C1C. The van der Waals surface area contributed by atoms with Gasteiger partial charge in [-0.3, -0.25) is 0 Å². The molecule has 1 aliphatic rings. The van der Waals surface area contributed by atoms with Gasteiger partial charge in [0, 0.05) is 6.61 Å². The summed E-state index contributed by atoms with van der Waals surface area (Å²) < 4.78 is 5.47. The first-order chi connectivity index (χ1) is 5.16. The molecule has 11 heavy (non-hydrogen) atoms. The van der Waals surface area contributed by atoms with E-state index in [0.29, 0.717) is 17.8 Å². The second kappa shape index (κ2) is 3.55. The van der Waals surface area contributed by atoms with Crippen molar-refractivity contribution in [2.75, 3.05) is 13.2 Å². The Balaban J connectivity index is 2.52. The van der Waals surface area contributed by atoms with E-state index in [-0.39, 0.29) is 12.7 Å². The highest BCUT2D eigenvalue weighted by molar-refractivity contribution is 4.79. The molecule has 0 aromatic rings. The predicted octanol–water partition coefficient (Wildman–Crippen LogP) is 1.29. The van der Waals surface area contributed by atoms with E-state index in [1.165, 1.54) is 0 Å². The lowest BCUT2D eigenvalue weighted by Gasteiger charge is -2.37. The van der Waals surface area contributed by atoms with Crippen LogP contribution in [0.5, 0.6) is 0 Å². The third kappa shape index (κ3) is 1.74. The Labute approximate surface area is 68.6 Å². The monoisotopic (exact) mass is 158 g/mol. The predicted molar refractivity (Wildman–Crippen MR) is 44.3 cm³/mol. The van der Waals surface area contributed by atoms with E-state index in [2.05, 4.69) is 20.8 Å². The number of hydrogen-bond donors (Lipinski definition) is 1. The van der Waals surface area contributed by atoms with Crippen LogP contribution >= 0.6 is 0 Å². The van der Waals surface area contributed by atoms with Gasteiger partial charge in [0.1, 0.15) is 0 Å².